The predicted molar refractivity (Wildman–Crippen MR) is 157 cm³/mol. The summed E-state index contributed by atoms with van der Waals surface area (Å²) >= 11 is 0. The van der Waals surface area contributed by atoms with E-state index in [9.17, 15) is 10.2 Å². The highest BCUT2D eigenvalue weighted by atomic mass is 35.5. The first-order valence-corrected chi connectivity index (χ1v) is 13.7. The van der Waals surface area contributed by atoms with Gasteiger partial charge in [-0.2, -0.15) is 10.2 Å². The Morgan fingerprint density at radius 3 is 1.31 bits per heavy atom. The van der Waals surface area contributed by atoms with Gasteiger partial charge in [0.05, 0.1) is 23.9 Å². The van der Waals surface area contributed by atoms with E-state index in [-0.39, 0.29) is 51.1 Å². The number of azo groups is 2. The highest BCUT2D eigenvalue weighted by molar-refractivity contribution is 5.54. The molecule has 0 aliphatic rings. The van der Waals surface area contributed by atoms with E-state index >= 15 is 0 Å². The molecule has 0 amide bonds. The third kappa shape index (κ3) is 15.4. The van der Waals surface area contributed by atoms with E-state index in [0.29, 0.717) is 23.8 Å². The quantitative estimate of drug-likeness (QED) is 0.0185. The lowest BCUT2D eigenvalue weighted by Gasteiger charge is -2.01. The number of imidazole rings is 2. The van der Waals surface area contributed by atoms with Crippen LogP contribution in [-0.2, 0) is 13.1 Å². The first-order valence-electron chi connectivity index (χ1n) is 13.7. The van der Waals surface area contributed by atoms with Crippen LogP contribution in [0.5, 0.6) is 0 Å². The van der Waals surface area contributed by atoms with Gasteiger partial charge in [0.25, 0.3) is 12.7 Å². The van der Waals surface area contributed by atoms with Crippen LogP contribution in [-0.4, -0.2) is 88.4 Å². The molecule has 4 heterocycles. The molecular weight excluding hydrogens is 675 g/mol. The number of nitrogens with zero attached hydrogens (tertiary/aromatic N) is 14. The Hall–Kier alpha value is -5.12. The molecule has 20 nitrogen and oxygen atoms in total. The Labute approximate surface area is 285 Å². The van der Waals surface area contributed by atoms with Gasteiger partial charge in [-0.1, -0.05) is 9.46 Å². The standard InChI is InChI=1S/2C13H18N7O3.2ClH/c2*21-8-7-18-3-1-12(2-4-18)17-16-10-15-14-9-13(22)19-5-6-20(23)11-19;;/h2*1-6,10-11,13,21-23H,7-9H2;2*1H/q2*+1;;/p-2. The van der Waals surface area contributed by atoms with Crippen LogP contribution >= 0.6 is 0 Å². The maximum absolute atomic E-state index is 9.73. The first kappa shape index (κ1) is 40.9. The minimum Gasteiger partial charge on any atom is -1.00 e. The fraction of sp³-hybridized carbons (Fsp3) is 0.308. The molecule has 6 N–H and O–H groups in total. The summed E-state index contributed by atoms with van der Waals surface area (Å²) < 4.78 is 8.05. The number of aromatic nitrogens is 6. The third-order valence-corrected chi connectivity index (χ3v) is 5.64. The Morgan fingerprint density at radius 2 is 1.00 bits per heavy atom. The molecule has 0 fully saturated rings. The fourth-order valence-electron chi connectivity index (χ4n) is 3.36. The molecule has 0 radical (unpaired) electrons. The van der Waals surface area contributed by atoms with E-state index in [1.54, 1.807) is 49.1 Å². The van der Waals surface area contributed by atoms with Crippen molar-refractivity contribution in [1.29, 1.82) is 0 Å². The average molecular weight is 712 g/mol. The van der Waals surface area contributed by atoms with Crippen LogP contribution < -0.4 is 44.7 Å². The predicted octanol–water partition coefficient (Wildman–Crippen LogP) is -7.40. The molecule has 2 unspecified atom stereocenters. The van der Waals surface area contributed by atoms with Gasteiger partial charge in [-0.3, -0.25) is 0 Å². The molecule has 0 bridgehead atoms. The summed E-state index contributed by atoms with van der Waals surface area (Å²) in [6.07, 6.45) is 16.0. The summed E-state index contributed by atoms with van der Waals surface area (Å²) in [5.41, 5.74) is 0. The van der Waals surface area contributed by atoms with Gasteiger partial charge < -0.3 is 64.8 Å². The summed E-state index contributed by atoms with van der Waals surface area (Å²) in [5.74, 6) is 0. The van der Waals surface area contributed by atoms with Crippen molar-refractivity contribution in [2.75, 3.05) is 26.3 Å². The normalized spacial score (nSPS) is 12.4. The van der Waals surface area contributed by atoms with Crippen molar-refractivity contribution in [2.45, 2.75) is 25.5 Å². The molecule has 0 aliphatic carbocycles. The van der Waals surface area contributed by atoms with E-state index in [1.165, 1.54) is 59.3 Å². The van der Waals surface area contributed by atoms with Gasteiger partial charge >= 0.3 is 0 Å². The van der Waals surface area contributed by atoms with Crippen molar-refractivity contribution in [3.05, 3.63) is 97.2 Å². The fourth-order valence-corrected chi connectivity index (χ4v) is 3.36. The molecule has 0 spiro atoms. The van der Waals surface area contributed by atoms with Crippen molar-refractivity contribution < 1.29 is 64.8 Å². The monoisotopic (exact) mass is 710 g/mol. The SMILES string of the molecule is OCCn1ccc(=NN=CN=NCC(O)[n+]2ccn(O)c2)cc1.OCCn1ccc(=NN=CN=NCC(O)[n+]2ccn(O)c2)cc1.[Cl-].[Cl-]. The van der Waals surface area contributed by atoms with Crippen LogP contribution in [0.3, 0.4) is 0 Å². The zero-order chi connectivity index (χ0) is 33.0. The lowest BCUT2D eigenvalue weighted by atomic mass is 10.4. The number of hydrogen-bond donors (Lipinski definition) is 6. The number of rotatable bonds is 14. The number of hydrogen-bond acceptors (Lipinski definition) is 12. The molecule has 260 valence electrons. The zero-order valence-corrected chi connectivity index (χ0v) is 26.8. The van der Waals surface area contributed by atoms with E-state index < -0.39 is 12.5 Å². The molecule has 0 saturated carbocycles. The summed E-state index contributed by atoms with van der Waals surface area (Å²) in [4.78, 5) is 0. The molecule has 48 heavy (non-hydrogen) atoms. The second-order valence-electron chi connectivity index (χ2n) is 9.02. The number of aliphatic hydroxyl groups excluding tert-OH is 4. The molecule has 4 aromatic rings. The Kier molecular flexibility index (Phi) is 19.8. The van der Waals surface area contributed by atoms with Gasteiger partial charge in [0.15, 0.2) is 25.1 Å². The second-order valence-corrected chi connectivity index (χ2v) is 9.02. The van der Waals surface area contributed by atoms with Crippen LogP contribution in [0.15, 0.2) is 127 Å². The lowest BCUT2D eigenvalue weighted by Crippen LogP contribution is -3.00. The molecule has 0 saturated heterocycles. The zero-order valence-electron chi connectivity index (χ0n) is 25.3. The van der Waals surface area contributed by atoms with E-state index in [4.69, 9.17) is 20.6 Å². The highest BCUT2D eigenvalue weighted by Gasteiger charge is 2.13. The van der Waals surface area contributed by atoms with Crippen molar-refractivity contribution in [3.8, 4) is 0 Å². The van der Waals surface area contributed by atoms with Crippen molar-refractivity contribution >= 4 is 12.7 Å². The highest BCUT2D eigenvalue weighted by Crippen LogP contribution is 1.93. The molecule has 2 atom stereocenters. The first-order chi connectivity index (χ1) is 22.4. The number of halogens is 2. The van der Waals surface area contributed by atoms with Crippen LogP contribution in [0.2, 0.25) is 0 Å². The van der Waals surface area contributed by atoms with Crippen molar-refractivity contribution in [2.24, 2.45) is 40.9 Å². The van der Waals surface area contributed by atoms with Gasteiger partial charge in [0.2, 0.25) is 12.5 Å². The number of pyridine rings is 2. The van der Waals surface area contributed by atoms with E-state index in [0.717, 1.165) is 9.46 Å². The van der Waals surface area contributed by atoms with Crippen molar-refractivity contribution in [1.82, 2.24) is 18.6 Å². The summed E-state index contributed by atoms with van der Waals surface area (Å²) in [7, 11) is 0. The van der Waals surface area contributed by atoms with Gasteiger partial charge in [-0.25, -0.2) is 9.13 Å². The molecule has 22 heteroatoms. The summed E-state index contributed by atoms with van der Waals surface area (Å²) in [6.45, 7) is 1.25. The molecule has 0 aromatic carbocycles. The maximum Gasteiger partial charge on any atom is 0.286 e. The maximum atomic E-state index is 9.73. The van der Waals surface area contributed by atoms with Crippen molar-refractivity contribution in [3.63, 3.8) is 0 Å². The van der Waals surface area contributed by atoms with Gasteiger partial charge in [0.1, 0.15) is 25.5 Å². The van der Waals surface area contributed by atoms with E-state index in [2.05, 4.69) is 40.9 Å². The van der Waals surface area contributed by atoms with Crippen LogP contribution in [0, 0.1) is 0 Å². The Bertz CT molecular complexity index is 1570. The largest absolute Gasteiger partial charge is 1.00 e. The summed E-state index contributed by atoms with van der Waals surface area (Å²) in [6, 6.07) is 7.02. The van der Waals surface area contributed by atoms with Gasteiger partial charge in [-0.15, -0.1) is 30.6 Å². The van der Waals surface area contributed by atoms with E-state index in [1.807, 2.05) is 9.13 Å². The molecule has 4 aromatic heterocycles. The smallest absolute Gasteiger partial charge is 0.286 e. The van der Waals surface area contributed by atoms with Crippen LogP contribution in [0.1, 0.15) is 12.5 Å². The summed E-state index contributed by atoms with van der Waals surface area (Å²) in [5, 5.41) is 86.7. The average Bonchev–Trinajstić information content (AvgIpc) is 3.70. The molecule has 0 aliphatic heterocycles. The lowest BCUT2D eigenvalue weighted by molar-refractivity contribution is -0.757. The van der Waals surface area contributed by atoms with Gasteiger partial charge in [0, 0.05) is 37.9 Å². The third-order valence-electron chi connectivity index (χ3n) is 5.64. The van der Waals surface area contributed by atoms with Crippen LogP contribution in [0.4, 0.5) is 0 Å². The molecular formula is C26H36Cl2N14O6. The van der Waals surface area contributed by atoms with Crippen LogP contribution in [0.25, 0.3) is 0 Å². The molecule has 4 rings (SSSR count). The minimum atomic E-state index is -0.923. The van der Waals surface area contributed by atoms with Gasteiger partial charge in [-0.05, 0) is 24.3 Å². The minimum absolute atomic E-state index is 0. The number of aliphatic hydroxyl groups is 4. The Morgan fingerprint density at radius 1 is 0.625 bits per heavy atom. The second kappa shape index (κ2) is 23.2. The Balaban J connectivity index is 0.000000461. The topological polar surface area (TPSA) is 248 Å².